The van der Waals surface area contributed by atoms with Crippen LogP contribution in [0.3, 0.4) is 0 Å². The van der Waals surface area contributed by atoms with E-state index in [1.165, 1.54) is 11.0 Å². The molecule has 4 saturated carbocycles. The monoisotopic (exact) mass is 289 g/mol. The Morgan fingerprint density at radius 3 is 2.33 bits per heavy atom. The van der Waals surface area contributed by atoms with E-state index in [0.717, 1.165) is 19.3 Å². The van der Waals surface area contributed by atoms with Crippen molar-refractivity contribution < 1.29 is 19.5 Å². The van der Waals surface area contributed by atoms with Crippen molar-refractivity contribution in [1.82, 2.24) is 4.90 Å². The molecular formula is C16H19NO4. The van der Waals surface area contributed by atoms with Gasteiger partial charge in [-0.2, -0.15) is 0 Å². The van der Waals surface area contributed by atoms with Crippen LogP contribution < -0.4 is 0 Å². The van der Waals surface area contributed by atoms with Gasteiger partial charge in [0.25, 0.3) is 11.8 Å². The van der Waals surface area contributed by atoms with Crippen LogP contribution in [0.4, 0.5) is 0 Å². The Bertz CT molecular complexity index is 591. The summed E-state index contributed by atoms with van der Waals surface area (Å²) < 4.78 is 0. The Morgan fingerprint density at radius 1 is 1.24 bits per heavy atom. The number of nitrogens with zero attached hydrogens (tertiary/aromatic N) is 1. The molecule has 2 amide bonds. The molecule has 4 fully saturated rings. The second kappa shape index (κ2) is 3.76. The molecular weight excluding hydrogens is 270 g/mol. The predicted molar refractivity (Wildman–Crippen MR) is 73.1 cm³/mol. The molecule has 0 saturated heterocycles. The van der Waals surface area contributed by atoms with Crippen LogP contribution >= 0.6 is 0 Å². The van der Waals surface area contributed by atoms with Crippen LogP contribution in [0.5, 0.6) is 0 Å². The average molecular weight is 289 g/mol. The quantitative estimate of drug-likeness (QED) is 0.785. The lowest BCUT2D eigenvalue weighted by Crippen LogP contribution is -2.66. The van der Waals surface area contributed by atoms with Crippen molar-refractivity contribution in [3.8, 4) is 0 Å². The fraction of sp³-hybridized carbons (Fsp3) is 0.688. The number of imide groups is 1. The van der Waals surface area contributed by atoms with Crippen molar-refractivity contribution in [1.29, 1.82) is 0 Å². The number of rotatable bonds is 2. The Morgan fingerprint density at radius 2 is 1.86 bits per heavy atom. The molecule has 0 aromatic heterocycles. The van der Waals surface area contributed by atoms with Gasteiger partial charge in [-0.05, 0) is 57.3 Å². The third-order valence-corrected chi connectivity index (χ3v) is 6.06. The molecule has 1 aliphatic heterocycles. The van der Waals surface area contributed by atoms with E-state index in [4.69, 9.17) is 0 Å². The number of hydrogen-bond donors (Lipinski definition) is 1. The number of hydrogen-bond acceptors (Lipinski definition) is 3. The number of carboxylic acid groups (broad SMARTS) is 1. The third kappa shape index (κ3) is 1.54. The Hall–Kier alpha value is -1.65. The van der Waals surface area contributed by atoms with E-state index < -0.39 is 16.9 Å². The summed E-state index contributed by atoms with van der Waals surface area (Å²) in [6.07, 6.45) is 5.90. The Kier molecular flexibility index (Phi) is 2.33. The minimum Gasteiger partial charge on any atom is -0.481 e. The van der Waals surface area contributed by atoms with Gasteiger partial charge in [0.05, 0.1) is 11.0 Å². The first kappa shape index (κ1) is 13.0. The number of aliphatic carboxylic acids is 1. The predicted octanol–water partition coefficient (Wildman–Crippen LogP) is 1.73. The minimum absolute atomic E-state index is 0.220. The van der Waals surface area contributed by atoms with Crippen molar-refractivity contribution in [2.75, 3.05) is 0 Å². The Labute approximate surface area is 123 Å². The highest BCUT2D eigenvalue weighted by Crippen LogP contribution is 2.63. The van der Waals surface area contributed by atoms with E-state index in [2.05, 4.69) is 0 Å². The molecule has 4 aliphatic carbocycles. The SMILES string of the molecule is CC1=CC(=O)N(C23CC4CC(CC(C(=O)O)(C4)C2)C3)C1=O. The van der Waals surface area contributed by atoms with Gasteiger partial charge in [0, 0.05) is 11.6 Å². The van der Waals surface area contributed by atoms with Gasteiger partial charge in [0.2, 0.25) is 0 Å². The summed E-state index contributed by atoms with van der Waals surface area (Å²) in [6, 6.07) is 0. The zero-order valence-electron chi connectivity index (χ0n) is 12.1. The van der Waals surface area contributed by atoms with Gasteiger partial charge in [0.15, 0.2) is 0 Å². The van der Waals surface area contributed by atoms with Gasteiger partial charge in [-0.15, -0.1) is 0 Å². The smallest absolute Gasteiger partial charge is 0.309 e. The molecule has 5 aliphatic rings. The first-order valence-corrected chi connectivity index (χ1v) is 7.65. The maximum Gasteiger partial charge on any atom is 0.309 e. The van der Waals surface area contributed by atoms with E-state index in [-0.39, 0.29) is 11.8 Å². The standard InChI is InChI=1S/C16H19NO4/c1-9-2-12(18)17(13(9)19)16-6-10-3-11(7-16)5-15(4-10,8-16)14(20)21/h2,10-11H,3-8H2,1H3,(H,20,21). The zero-order valence-corrected chi connectivity index (χ0v) is 12.1. The largest absolute Gasteiger partial charge is 0.481 e. The summed E-state index contributed by atoms with van der Waals surface area (Å²) in [5.41, 5.74) is -0.799. The Balaban J connectivity index is 1.77. The van der Waals surface area contributed by atoms with E-state index in [1.807, 2.05) is 0 Å². The number of amides is 2. The topological polar surface area (TPSA) is 74.7 Å². The van der Waals surface area contributed by atoms with Crippen LogP contribution in [-0.2, 0) is 14.4 Å². The van der Waals surface area contributed by atoms with Crippen LogP contribution in [0, 0.1) is 17.3 Å². The second-order valence-corrected chi connectivity index (χ2v) is 7.58. The maximum atomic E-state index is 12.4. The first-order valence-electron chi connectivity index (χ1n) is 7.65. The fourth-order valence-electron chi connectivity index (χ4n) is 5.76. The summed E-state index contributed by atoms with van der Waals surface area (Å²) in [7, 11) is 0. The zero-order chi connectivity index (χ0) is 15.0. The van der Waals surface area contributed by atoms with Crippen LogP contribution in [0.25, 0.3) is 0 Å². The summed E-state index contributed by atoms with van der Waals surface area (Å²) in [4.78, 5) is 37.9. The molecule has 5 heteroatoms. The van der Waals surface area contributed by atoms with Crippen molar-refractivity contribution in [2.24, 2.45) is 17.3 Å². The van der Waals surface area contributed by atoms with Gasteiger partial charge < -0.3 is 5.11 Å². The molecule has 5 nitrogen and oxygen atoms in total. The van der Waals surface area contributed by atoms with Crippen molar-refractivity contribution in [3.63, 3.8) is 0 Å². The van der Waals surface area contributed by atoms with Crippen LogP contribution in [0.15, 0.2) is 11.6 Å². The molecule has 1 heterocycles. The maximum absolute atomic E-state index is 12.4. The molecule has 2 atom stereocenters. The van der Waals surface area contributed by atoms with Crippen molar-refractivity contribution >= 4 is 17.8 Å². The molecule has 0 aromatic rings. The molecule has 0 aromatic carbocycles. The highest BCUT2D eigenvalue weighted by atomic mass is 16.4. The molecule has 2 unspecified atom stereocenters. The van der Waals surface area contributed by atoms with Gasteiger partial charge in [-0.3, -0.25) is 19.3 Å². The van der Waals surface area contributed by atoms with Gasteiger partial charge in [-0.25, -0.2) is 0 Å². The number of carbonyl (C=O) groups is 3. The van der Waals surface area contributed by atoms with Crippen molar-refractivity contribution in [3.05, 3.63) is 11.6 Å². The lowest BCUT2D eigenvalue weighted by Gasteiger charge is -2.62. The summed E-state index contributed by atoms with van der Waals surface area (Å²) >= 11 is 0. The molecule has 21 heavy (non-hydrogen) atoms. The number of carboxylic acids is 1. The second-order valence-electron chi connectivity index (χ2n) is 7.58. The lowest BCUT2D eigenvalue weighted by atomic mass is 9.46. The fourth-order valence-corrected chi connectivity index (χ4v) is 5.76. The molecule has 4 bridgehead atoms. The van der Waals surface area contributed by atoms with E-state index in [1.54, 1.807) is 6.92 Å². The van der Waals surface area contributed by atoms with Gasteiger partial charge >= 0.3 is 5.97 Å². The van der Waals surface area contributed by atoms with Gasteiger partial charge in [-0.1, -0.05) is 0 Å². The van der Waals surface area contributed by atoms with Crippen LogP contribution in [0.2, 0.25) is 0 Å². The normalized spacial score (nSPS) is 44.4. The van der Waals surface area contributed by atoms with Crippen molar-refractivity contribution in [2.45, 2.75) is 51.0 Å². The summed E-state index contributed by atoms with van der Waals surface area (Å²) in [5.74, 6) is -0.542. The van der Waals surface area contributed by atoms with Crippen LogP contribution in [0.1, 0.15) is 45.4 Å². The highest BCUT2D eigenvalue weighted by Gasteiger charge is 2.64. The van der Waals surface area contributed by atoms with E-state index in [9.17, 15) is 19.5 Å². The minimum atomic E-state index is -0.746. The van der Waals surface area contributed by atoms with Gasteiger partial charge in [0.1, 0.15) is 0 Å². The third-order valence-electron chi connectivity index (χ3n) is 6.06. The number of carbonyl (C=O) groups excluding carboxylic acids is 2. The van der Waals surface area contributed by atoms with Crippen LogP contribution in [-0.4, -0.2) is 33.3 Å². The van der Waals surface area contributed by atoms with E-state index in [0.29, 0.717) is 36.7 Å². The lowest BCUT2D eigenvalue weighted by molar-refractivity contribution is -0.183. The summed E-state index contributed by atoms with van der Waals surface area (Å²) in [6.45, 7) is 1.66. The summed E-state index contributed by atoms with van der Waals surface area (Å²) in [5, 5.41) is 9.72. The molecule has 5 rings (SSSR count). The molecule has 0 radical (unpaired) electrons. The first-order chi connectivity index (χ1) is 9.85. The molecule has 1 N–H and O–H groups in total. The average Bonchev–Trinajstić information content (AvgIpc) is 2.61. The molecule has 0 spiro atoms. The highest BCUT2D eigenvalue weighted by molar-refractivity contribution is 6.16. The molecule has 112 valence electrons. The van der Waals surface area contributed by atoms with E-state index >= 15 is 0 Å².